The molecule has 0 aliphatic heterocycles. The molecule has 22 heavy (non-hydrogen) atoms. The molecule has 0 aliphatic rings. The molecule has 116 valence electrons. The van der Waals surface area contributed by atoms with Gasteiger partial charge in [0.15, 0.2) is 0 Å². The van der Waals surface area contributed by atoms with Crippen LogP contribution in [-0.4, -0.2) is 19.2 Å². The summed E-state index contributed by atoms with van der Waals surface area (Å²) in [7, 11) is 0. The summed E-state index contributed by atoms with van der Waals surface area (Å²) in [4.78, 5) is 22.6. The van der Waals surface area contributed by atoms with Crippen LogP contribution in [0.15, 0.2) is 45.6 Å². The predicted molar refractivity (Wildman–Crippen MR) is 83.1 cm³/mol. The van der Waals surface area contributed by atoms with Gasteiger partial charge in [0.05, 0.1) is 13.2 Å². The molecule has 0 amide bonds. The van der Waals surface area contributed by atoms with Crippen molar-refractivity contribution in [2.45, 2.75) is 20.3 Å². The first-order chi connectivity index (χ1) is 10.5. The van der Waals surface area contributed by atoms with Crippen molar-refractivity contribution < 1.29 is 18.7 Å². The highest BCUT2D eigenvalue weighted by Gasteiger charge is 2.05. The number of rotatable bonds is 6. The number of ether oxygens (including phenoxy) is 2. The summed E-state index contributed by atoms with van der Waals surface area (Å²) in [5, 5.41) is 0.877. The second kappa shape index (κ2) is 6.93. The van der Waals surface area contributed by atoms with Crippen LogP contribution in [0.2, 0.25) is 0 Å². The van der Waals surface area contributed by atoms with Gasteiger partial charge in [-0.3, -0.25) is 0 Å². The monoisotopic (exact) mass is 302 g/mol. The van der Waals surface area contributed by atoms with Crippen molar-refractivity contribution in [3.63, 3.8) is 0 Å². The zero-order chi connectivity index (χ0) is 16.1. The lowest BCUT2D eigenvalue weighted by Gasteiger charge is -2.08. The van der Waals surface area contributed by atoms with Gasteiger partial charge in [0, 0.05) is 29.5 Å². The molecule has 1 aromatic heterocycles. The number of carbonyl (C=O) groups excluding carboxylic acids is 1. The molecule has 0 saturated heterocycles. The minimum absolute atomic E-state index is 0.271. The average Bonchev–Trinajstić information content (AvgIpc) is 2.45. The fraction of sp³-hybridized carbons (Fsp3) is 0.294. The first-order valence-corrected chi connectivity index (χ1v) is 6.97. The normalized spacial score (nSPS) is 10.5. The van der Waals surface area contributed by atoms with Crippen molar-refractivity contribution in [3.05, 3.63) is 52.4 Å². The molecule has 0 atom stereocenters. The maximum absolute atomic E-state index is 11.4. The van der Waals surface area contributed by atoms with Crippen LogP contribution in [0.25, 0.3) is 11.0 Å². The molecule has 0 radical (unpaired) electrons. The fourth-order valence-electron chi connectivity index (χ4n) is 1.93. The van der Waals surface area contributed by atoms with Crippen molar-refractivity contribution in [3.8, 4) is 5.75 Å². The van der Waals surface area contributed by atoms with E-state index in [1.54, 1.807) is 13.0 Å². The van der Waals surface area contributed by atoms with Crippen LogP contribution >= 0.6 is 0 Å². The summed E-state index contributed by atoms with van der Waals surface area (Å²) >= 11 is 0. The van der Waals surface area contributed by atoms with E-state index in [0.717, 1.165) is 10.9 Å². The zero-order valence-electron chi connectivity index (χ0n) is 12.7. The van der Waals surface area contributed by atoms with Crippen LogP contribution in [0.1, 0.15) is 18.9 Å². The summed E-state index contributed by atoms with van der Waals surface area (Å²) in [5.74, 6) is 0.204. The third kappa shape index (κ3) is 3.97. The molecule has 1 aromatic carbocycles. The smallest absolute Gasteiger partial charge is 0.336 e. The van der Waals surface area contributed by atoms with Crippen molar-refractivity contribution in [2.24, 2.45) is 0 Å². The fourth-order valence-corrected chi connectivity index (χ4v) is 1.93. The molecule has 2 aromatic rings. The Bertz CT molecular complexity index is 757. The van der Waals surface area contributed by atoms with Crippen molar-refractivity contribution in [1.82, 2.24) is 0 Å². The summed E-state index contributed by atoms with van der Waals surface area (Å²) < 4.78 is 15.7. The van der Waals surface area contributed by atoms with Gasteiger partial charge < -0.3 is 13.9 Å². The van der Waals surface area contributed by atoms with E-state index in [1.165, 1.54) is 6.07 Å². The molecule has 0 unspecified atom stereocenters. The van der Waals surface area contributed by atoms with E-state index < -0.39 is 5.97 Å². The van der Waals surface area contributed by atoms with Gasteiger partial charge in [-0.2, -0.15) is 0 Å². The Labute approximate surface area is 128 Å². The topological polar surface area (TPSA) is 65.7 Å². The van der Waals surface area contributed by atoms with Crippen LogP contribution < -0.4 is 10.4 Å². The number of benzene rings is 1. The Hall–Kier alpha value is -2.56. The first kappa shape index (κ1) is 15.8. The highest BCUT2D eigenvalue weighted by molar-refractivity contribution is 5.86. The summed E-state index contributed by atoms with van der Waals surface area (Å²) in [5.41, 5.74) is 1.36. The second-order valence-electron chi connectivity index (χ2n) is 5.02. The molecule has 5 heteroatoms. The van der Waals surface area contributed by atoms with Gasteiger partial charge in [0.1, 0.15) is 11.3 Å². The van der Waals surface area contributed by atoms with Gasteiger partial charge in [-0.15, -0.1) is 0 Å². The molecule has 0 N–H and O–H groups in total. The number of aryl methyl sites for hydroxylation is 1. The largest absolute Gasteiger partial charge is 0.493 e. The lowest BCUT2D eigenvalue weighted by molar-refractivity contribution is -0.139. The Morgan fingerprint density at radius 3 is 2.77 bits per heavy atom. The van der Waals surface area contributed by atoms with E-state index in [0.29, 0.717) is 29.9 Å². The number of hydrogen-bond donors (Lipinski definition) is 0. The Kier molecular flexibility index (Phi) is 4.99. The van der Waals surface area contributed by atoms with Gasteiger partial charge in [-0.25, -0.2) is 9.59 Å². The van der Waals surface area contributed by atoms with E-state index in [9.17, 15) is 9.59 Å². The molecule has 0 saturated carbocycles. The van der Waals surface area contributed by atoms with Crippen LogP contribution in [-0.2, 0) is 9.53 Å². The third-order valence-corrected chi connectivity index (χ3v) is 3.06. The number of hydrogen-bond acceptors (Lipinski definition) is 5. The van der Waals surface area contributed by atoms with Gasteiger partial charge >= 0.3 is 11.6 Å². The molecule has 0 fully saturated rings. The number of esters is 1. The predicted octanol–water partition coefficient (Wildman–Crippen LogP) is 2.99. The molecule has 0 aliphatic carbocycles. The minimum atomic E-state index is -0.400. The Balaban J connectivity index is 1.91. The second-order valence-corrected chi connectivity index (χ2v) is 5.02. The average molecular weight is 302 g/mol. The highest BCUT2D eigenvalue weighted by atomic mass is 16.5. The van der Waals surface area contributed by atoms with Crippen molar-refractivity contribution in [1.29, 1.82) is 0 Å². The highest BCUT2D eigenvalue weighted by Crippen LogP contribution is 2.22. The first-order valence-electron chi connectivity index (χ1n) is 6.97. The zero-order valence-corrected chi connectivity index (χ0v) is 12.7. The van der Waals surface area contributed by atoms with E-state index in [2.05, 4.69) is 6.58 Å². The molecule has 0 spiro atoms. The summed E-state index contributed by atoms with van der Waals surface area (Å²) in [6.07, 6.45) is 0.564. The summed E-state index contributed by atoms with van der Waals surface area (Å²) in [6.45, 7) is 7.63. The quantitative estimate of drug-likeness (QED) is 0.355. The molecule has 1 heterocycles. The Morgan fingerprint density at radius 1 is 1.27 bits per heavy atom. The SMILES string of the molecule is C=C(C)C(=O)OCCCOc1ccc2c(C)cc(=O)oc2c1. The summed E-state index contributed by atoms with van der Waals surface area (Å²) in [6, 6.07) is 6.81. The molecular weight excluding hydrogens is 284 g/mol. The van der Waals surface area contributed by atoms with Gasteiger partial charge in [-0.1, -0.05) is 6.58 Å². The van der Waals surface area contributed by atoms with Gasteiger partial charge in [-0.05, 0) is 31.5 Å². The van der Waals surface area contributed by atoms with Gasteiger partial charge in [0.2, 0.25) is 0 Å². The van der Waals surface area contributed by atoms with E-state index >= 15 is 0 Å². The van der Waals surface area contributed by atoms with Crippen molar-refractivity contribution >= 4 is 16.9 Å². The van der Waals surface area contributed by atoms with Crippen molar-refractivity contribution in [2.75, 3.05) is 13.2 Å². The lowest BCUT2D eigenvalue weighted by Crippen LogP contribution is -2.09. The minimum Gasteiger partial charge on any atom is -0.493 e. The van der Waals surface area contributed by atoms with Crippen LogP contribution in [0.5, 0.6) is 5.75 Å². The Morgan fingerprint density at radius 2 is 2.05 bits per heavy atom. The molecular formula is C17H18O5. The van der Waals surface area contributed by atoms with Gasteiger partial charge in [0.25, 0.3) is 0 Å². The molecule has 2 rings (SSSR count). The maximum Gasteiger partial charge on any atom is 0.336 e. The number of carbonyl (C=O) groups is 1. The standard InChI is InChI=1S/C17H18O5/c1-11(2)17(19)21-8-4-7-20-13-5-6-14-12(3)9-16(18)22-15(14)10-13/h5-6,9-10H,1,4,7-8H2,2-3H3. The maximum atomic E-state index is 11.4. The molecule has 0 bridgehead atoms. The third-order valence-electron chi connectivity index (χ3n) is 3.06. The van der Waals surface area contributed by atoms with Crippen LogP contribution in [0, 0.1) is 6.92 Å². The number of fused-ring (bicyclic) bond motifs is 1. The van der Waals surface area contributed by atoms with E-state index in [1.807, 2.05) is 19.1 Å². The van der Waals surface area contributed by atoms with Crippen LogP contribution in [0.4, 0.5) is 0 Å². The lowest BCUT2D eigenvalue weighted by atomic mass is 10.1. The molecule has 5 nitrogen and oxygen atoms in total. The van der Waals surface area contributed by atoms with E-state index in [-0.39, 0.29) is 12.2 Å². The van der Waals surface area contributed by atoms with Crippen LogP contribution in [0.3, 0.4) is 0 Å². The van der Waals surface area contributed by atoms with E-state index in [4.69, 9.17) is 13.9 Å².